The number of nitrogens with one attached hydrogen (secondary N) is 1. The molecule has 1 aromatic rings. The van der Waals surface area contributed by atoms with Crippen LogP contribution in [0, 0.1) is 17.0 Å². The molecule has 0 aliphatic heterocycles. The predicted octanol–water partition coefficient (Wildman–Crippen LogP) is 2.41. The Bertz CT molecular complexity index is 613. The van der Waals surface area contributed by atoms with Gasteiger partial charge in [0, 0.05) is 12.2 Å². The quantitative estimate of drug-likeness (QED) is 0.793. The van der Waals surface area contributed by atoms with E-state index in [0.717, 1.165) is 37.8 Å². The van der Waals surface area contributed by atoms with Gasteiger partial charge in [0.05, 0.1) is 0 Å². The van der Waals surface area contributed by atoms with Gasteiger partial charge < -0.3 is 5.73 Å². The molecule has 1 aromatic carbocycles. The molecule has 0 aromatic heterocycles. The number of rotatable bonds is 6. The highest BCUT2D eigenvalue weighted by molar-refractivity contribution is 7.89. The Morgan fingerprint density at radius 1 is 1.35 bits per heavy atom. The zero-order chi connectivity index (χ0) is 15.0. The summed E-state index contributed by atoms with van der Waals surface area (Å²) in [6.45, 7) is 2.28. The van der Waals surface area contributed by atoms with Crippen LogP contribution in [0.4, 0.5) is 14.5 Å². The van der Waals surface area contributed by atoms with Crippen LogP contribution >= 0.6 is 0 Å². The van der Waals surface area contributed by atoms with Gasteiger partial charge in [-0.2, -0.15) is 0 Å². The molecule has 1 saturated carbocycles. The van der Waals surface area contributed by atoms with Crippen LogP contribution in [0.3, 0.4) is 0 Å². The Morgan fingerprint density at radius 3 is 2.55 bits per heavy atom. The van der Waals surface area contributed by atoms with Crippen LogP contribution in [0.5, 0.6) is 0 Å². The molecule has 0 amide bonds. The molecule has 20 heavy (non-hydrogen) atoms. The minimum absolute atomic E-state index is 0.0167. The third-order valence-electron chi connectivity index (χ3n) is 3.68. The van der Waals surface area contributed by atoms with Gasteiger partial charge in [-0.05, 0) is 36.8 Å². The summed E-state index contributed by atoms with van der Waals surface area (Å²) in [4.78, 5) is -0.734. The molecular weight excluding hydrogens is 286 g/mol. The maximum absolute atomic E-state index is 13.6. The Hall–Kier alpha value is -1.21. The van der Waals surface area contributed by atoms with Gasteiger partial charge in [0.1, 0.15) is 4.90 Å². The summed E-state index contributed by atoms with van der Waals surface area (Å²) in [6.07, 6.45) is 3.79. The maximum atomic E-state index is 13.6. The number of benzene rings is 1. The van der Waals surface area contributed by atoms with Crippen molar-refractivity contribution in [2.24, 2.45) is 5.41 Å². The van der Waals surface area contributed by atoms with E-state index in [4.69, 9.17) is 5.73 Å². The summed E-state index contributed by atoms with van der Waals surface area (Å²) in [5.41, 5.74) is 5.23. The van der Waals surface area contributed by atoms with Crippen LogP contribution in [0.15, 0.2) is 17.0 Å². The largest absolute Gasteiger partial charge is 0.399 e. The number of hydrogen-bond donors (Lipinski definition) is 2. The van der Waals surface area contributed by atoms with E-state index in [9.17, 15) is 17.2 Å². The second-order valence-electron chi connectivity index (χ2n) is 5.39. The first-order chi connectivity index (χ1) is 9.30. The summed E-state index contributed by atoms with van der Waals surface area (Å²) in [5.74, 6) is -2.66. The molecule has 7 heteroatoms. The Labute approximate surface area is 117 Å². The first kappa shape index (κ1) is 15.2. The average Bonchev–Trinajstić information content (AvgIpc) is 3.12. The van der Waals surface area contributed by atoms with Crippen molar-refractivity contribution < 1.29 is 17.2 Å². The van der Waals surface area contributed by atoms with Gasteiger partial charge in [-0.1, -0.05) is 13.3 Å². The molecule has 0 heterocycles. The smallest absolute Gasteiger partial charge is 0.243 e. The molecule has 0 saturated heterocycles. The molecule has 0 unspecified atom stereocenters. The van der Waals surface area contributed by atoms with Gasteiger partial charge in [-0.3, -0.25) is 0 Å². The van der Waals surface area contributed by atoms with Crippen LogP contribution < -0.4 is 10.5 Å². The topological polar surface area (TPSA) is 72.2 Å². The van der Waals surface area contributed by atoms with Gasteiger partial charge in [0.25, 0.3) is 0 Å². The first-order valence-electron chi connectivity index (χ1n) is 6.54. The van der Waals surface area contributed by atoms with Crippen LogP contribution in [0.25, 0.3) is 0 Å². The van der Waals surface area contributed by atoms with Gasteiger partial charge >= 0.3 is 0 Å². The first-order valence-corrected chi connectivity index (χ1v) is 8.02. The molecule has 1 aliphatic carbocycles. The van der Waals surface area contributed by atoms with Crippen molar-refractivity contribution in [2.45, 2.75) is 37.5 Å². The lowest BCUT2D eigenvalue weighted by Crippen LogP contribution is -2.31. The highest BCUT2D eigenvalue weighted by Crippen LogP contribution is 2.49. The Balaban J connectivity index is 2.19. The van der Waals surface area contributed by atoms with Crippen molar-refractivity contribution in [1.82, 2.24) is 4.72 Å². The third-order valence-corrected chi connectivity index (χ3v) is 5.08. The van der Waals surface area contributed by atoms with Gasteiger partial charge in [0.15, 0.2) is 11.6 Å². The number of hydrogen-bond acceptors (Lipinski definition) is 3. The molecule has 0 atom stereocenters. The van der Waals surface area contributed by atoms with Crippen LogP contribution in [0.1, 0.15) is 32.6 Å². The summed E-state index contributed by atoms with van der Waals surface area (Å²) in [7, 11) is -4.09. The van der Waals surface area contributed by atoms with Gasteiger partial charge in [-0.15, -0.1) is 0 Å². The Morgan fingerprint density at radius 2 is 2.00 bits per heavy atom. The third kappa shape index (κ3) is 3.09. The standard InChI is InChI=1S/C13H18F2N2O2S/c1-2-3-13(4-5-13)8-17-20(18,19)11-7-9(16)6-10(14)12(11)15/h6-7,17H,2-5,8,16H2,1H3. The summed E-state index contributed by atoms with van der Waals surface area (Å²) in [6, 6.07) is 1.69. The lowest BCUT2D eigenvalue weighted by molar-refractivity contribution is 0.446. The number of sulfonamides is 1. The van der Waals surface area contributed by atoms with E-state index in [1.165, 1.54) is 0 Å². The summed E-state index contributed by atoms with van der Waals surface area (Å²) >= 11 is 0. The maximum Gasteiger partial charge on any atom is 0.243 e. The molecule has 0 spiro atoms. The molecule has 4 nitrogen and oxygen atoms in total. The van der Waals surface area contributed by atoms with Crippen molar-refractivity contribution in [3.8, 4) is 0 Å². The summed E-state index contributed by atoms with van der Waals surface area (Å²) in [5, 5.41) is 0. The fraction of sp³-hybridized carbons (Fsp3) is 0.538. The zero-order valence-corrected chi connectivity index (χ0v) is 12.1. The molecule has 0 bridgehead atoms. The molecule has 1 aliphatic rings. The lowest BCUT2D eigenvalue weighted by Gasteiger charge is -2.15. The number of anilines is 1. The Kier molecular flexibility index (Phi) is 4.02. The second kappa shape index (κ2) is 5.29. The van der Waals surface area contributed by atoms with E-state index in [2.05, 4.69) is 4.72 Å². The lowest BCUT2D eigenvalue weighted by atomic mass is 10.0. The van der Waals surface area contributed by atoms with Crippen molar-refractivity contribution >= 4 is 15.7 Å². The molecular formula is C13H18F2N2O2S. The van der Waals surface area contributed by atoms with Gasteiger partial charge in [0.2, 0.25) is 10.0 Å². The van der Waals surface area contributed by atoms with E-state index in [-0.39, 0.29) is 17.6 Å². The SMILES string of the molecule is CCCC1(CNS(=O)(=O)c2cc(N)cc(F)c2F)CC1. The van der Waals surface area contributed by atoms with Crippen molar-refractivity contribution in [3.63, 3.8) is 0 Å². The average molecular weight is 304 g/mol. The van der Waals surface area contributed by atoms with Crippen molar-refractivity contribution in [1.29, 1.82) is 0 Å². The van der Waals surface area contributed by atoms with Crippen LogP contribution in [-0.2, 0) is 10.0 Å². The van der Waals surface area contributed by atoms with E-state index in [0.29, 0.717) is 0 Å². The van der Waals surface area contributed by atoms with Crippen molar-refractivity contribution in [2.75, 3.05) is 12.3 Å². The predicted molar refractivity (Wildman–Crippen MR) is 72.5 cm³/mol. The van der Waals surface area contributed by atoms with E-state index < -0.39 is 26.6 Å². The van der Waals surface area contributed by atoms with Gasteiger partial charge in [-0.25, -0.2) is 21.9 Å². The van der Waals surface area contributed by atoms with Crippen LogP contribution in [-0.4, -0.2) is 15.0 Å². The van der Waals surface area contributed by atoms with Crippen LogP contribution in [0.2, 0.25) is 0 Å². The van der Waals surface area contributed by atoms with Crippen molar-refractivity contribution in [3.05, 3.63) is 23.8 Å². The minimum atomic E-state index is -4.09. The molecule has 0 radical (unpaired) electrons. The van der Waals surface area contributed by atoms with E-state index in [1.807, 2.05) is 6.92 Å². The zero-order valence-electron chi connectivity index (χ0n) is 11.2. The fourth-order valence-corrected chi connectivity index (χ4v) is 3.60. The molecule has 3 N–H and O–H groups in total. The highest BCUT2D eigenvalue weighted by Gasteiger charge is 2.42. The fourth-order valence-electron chi connectivity index (χ4n) is 2.33. The number of halogens is 2. The highest BCUT2D eigenvalue weighted by atomic mass is 32.2. The van der Waals surface area contributed by atoms with E-state index in [1.54, 1.807) is 0 Å². The monoisotopic (exact) mass is 304 g/mol. The molecule has 112 valence electrons. The normalized spacial score (nSPS) is 17.1. The molecule has 2 rings (SSSR count). The summed E-state index contributed by atoms with van der Waals surface area (Å²) < 4.78 is 53.3. The van der Waals surface area contributed by atoms with E-state index >= 15 is 0 Å². The number of nitrogen functional groups attached to an aromatic ring is 1. The molecule has 1 fully saturated rings. The second-order valence-corrected chi connectivity index (χ2v) is 7.12. The minimum Gasteiger partial charge on any atom is -0.399 e. The number of nitrogens with two attached hydrogens (primary N) is 1.